The number of aliphatic hydroxyl groups is 1. The Morgan fingerprint density at radius 3 is 2.25 bits per heavy atom. The van der Waals surface area contributed by atoms with Gasteiger partial charge in [0.1, 0.15) is 0 Å². The number of rotatable bonds is 2. The van der Waals surface area contributed by atoms with Crippen molar-refractivity contribution >= 4 is 0 Å². The molecule has 1 rings (SSSR count). The standard InChI is InChI=1S/C11H22O/c1-5-9(2)10(3)7-6-8-11(10,4)12/h9,12H,5-8H2,1-4H3. The van der Waals surface area contributed by atoms with Crippen molar-refractivity contribution in [3.05, 3.63) is 0 Å². The van der Waals surface area contributed by atoms with E-state index in [9.17, 15) is 5.11 Å². The van der Waals surface area contributed by atoms with Crippen LogP contribution in [0, 0.1) is 11.3 Å². The molecule has 0 heterocycles. The first-order valence-electron chi connectivity index (χ1n) is 5.16. The van der Waals surface area contributed by atoms with Crippen LogP contribution in [0.25, 0.3) is 0 Å². The highest BCUT2D eigenvalue weighted by Crippen LogP contribution is 2.51. The third-order valence-electron chi connectivity index (χ3n) is 4.29. The van der Waals surface area contributed by atoms with Crippen molar-refractivity contribution < 1.29 is 5.11 Å². The lowest BCUT2D eigenvalue weighted by Crippen LogP contribution is -2.43. The zero-order chi connectivity index (χ0) is 9.41. The monoisotopic (exact) mass is 170 g/mol. The van der Waals surface area contributed by atoms with Crippen LogP contribution in [-0.4, -0.2) is 10.7 Å². The van der Waals surface area contributed by atoms with Crippen LogP contribution >= 0.6 is 0 Å². The van der Waals surface area contributed by atoms with Crippen LogP contribution in [0.5, 0.6) is 0 Å². The van der Waals surface area contributed by atoms with Gasteiger partial charge in [0.2, 0.25) is 0 Å². The molecule has 0 spiro atoms. The summed E-state index contributed by atoms with van der Waals surface area (Å²) >= 11 is 0. The van der Waals surface area contributed by atoms with Gasteiger partial charge in [-0.15, -0.1) is 0 Å². The molecule has 0 aromatic heterocycles. The Kier molecular flexibility index (Phi) is 2.53. The van der Waals surface area contributed by atoms with E-state index in [1.165, 1.54) is 19.3 Å². The van der Waals surface area contributed by atoms with Gasteiger partial charge in [0.15, 0.2) is 0 Å². The zero-order valence-electron chi connectivity index (χ0n) is 8.85. The third-order valence-corrected chi connectivity index (χ3v) is 4.29. The summed E-state index contributed by atoms with van der Waals surface area (Å²) in [5, 5.41) is 10.2. The fraction of sp³-hybridized carbons (Fsp3) is 1.00. The Hall–Kier alpha value is -0.0400. The van der Waals surface area contributed by atoms with Crippen molar-refractivity contribution in [3.63, 3.8) is 0 Å². The summed E-state index contributed by atoms with van der Waals surface area (Å²) < 4.78 is 0. The molecule has 72 valence electrons. The van der Waals surface area contributed by atoms with Gasteiger partial charge in [-0.1, -0.05) is 27.2 Å². The molecule has 1 fully saturated rings. The third kappa shape index (κ3) is 1.28. The minimum absolute atomic E-state index is 0.155. The van der Waals surface area contributed by atoms with Crippen LogP contribution in [0.2, 0.25) is 0 Å². The van der Waals surface area contributed by atoms with Crippen molar-refractivity contribution in [1.82, 2.24) is 0 Å². The fourth-order valence-electron chi connectivity index (χ4n) is 2.58. The summed E-state index contributed by atoms with van der Waals surface area (Å²) in [5.41, 5.74) is -0.274. The second kappa shape index (κ2) is 3.02. The molecule has 0 radical (unpaired) electrons. The van der Waals surface area contributed by atoms with Gasteiger partial charge in [-0.3, -0.25) is 0 Å². The zero-order valence-corrected chi connectivity index (χ0v) is 8.85. The van der Waals surface area contributed by atoms with Gasteiger partial charge >= 0.3 is 0 Å². The first-order valence-corrected chi connectivity index (χ1v) is 5.16. The number of hydrogen-bond acceptors (Lipinski definition) is 1. The molecule has 1 heteroatoms. The Morgan fingerprint density at radius 2 is 1.92 bits per heavy atom. The normalized spacial score (nSPS) is 44.8. The molecule has 3 atom stereocenters. The van der Waals surface area contributed by atoms with Gasteiger partial charge in [-0.05, 0) is 37.5 Å². The molecule has 1 aliphatic rings. The Morgan fingerprint density at radius 1 is 1.33 bits per heavy atom. The van der Waals surface area contributed by atoms with E-state index in [0.29, 0.717) is 5.92 Å². The van der Waals surface area contributed by atoms with Crippen molar-refractivity contribution in [1.29, 1.82) is 0 Å². The molecule has 0 saturated heterocycles. The predicted molar refractivity (Wildman–Crippen MR) is 52.0 cm³/mol. The maximum atomic E-state index is 10.2. The lowest BCUT2D eigenvalue weighted by atomic mass is 9.67. The smallest absolute Gasteiger partial charge is 0.0675 e. The van der Waals surface area contributed by atoms with Crippen LogP contribution in [0.1, 0.15) is 53.4 Å². The highest BCUT2D eigenvalue weighted by molar-refractivity contribution is 5.00. The molecule has 1 nitrogen and oxygen atoms in total. The molecule has 1 aliphatic carbocycles. The summed E-state index contributed by atoms with van der Waals surface area (Å²) in [7, 11) is 0. The summed E-state index contributed by atoms with van der Waals surface area (Å²) in [4.78, 5) is 0. The van der Waals surface area contributed by atoms with E-state index >= 15 is 0 Å². The molecule has 0 bridgehead atoms. The maximum absolute atomic E-state index is 10.2. The fourth-order valence-corrected chi connectivity index (χ4v) is 2.58. The Balaban J connectivity index is 2.82. The second-order valence-electron chi connectivity index (χ2n) is 4.85. The predicted octanol–water partition coefficient (Wildman–Crippen LogP) is 2.97. The van der Waals surface area contributed by atoms with Crippen LogP contribution in [0.3, 0.4) is 0 Å². The van der Waals surface area contributed by atoms with Crippen LogP contribution in [-0.2, 0) is 0 Å². The molecule has 0 aromatic rings. The van der Waals surface area contributed by atoms with E-state index in [0.717, 1.165) is 6.42 Å². The van der Waals surface area contributed by atoms with Crippen molar-refractivity contribution in [2.24, 2.45) is 11.3 Å². The van der Waals surface area contributed by atoms with Gasteiger partial charge in [-0.25, -0.2) is 0 Å². The average Bonchev–Trinajstić information content (AvgIpc) is 2.26. The van der Waals surface area contributed by atoms with Crippen LogP contribution in [0.4, 0.5) is 0 Å². The van der Waals surface area contributed by atoms with E-state index < -0.39 is 5.60 Å². The minimum atomic E-state index is -0.428. The van der Waals surface area contributed by atoms with E-state index in [1.807, 2.05) is 6.92 Å². The summed E-state index contributed by atoms with van der Waals surface area (Å²) in [6, 6.07) is 0. The lowest BCUT2D eigenvalue weighted by Gasteiger charge is -2.41. The first-order chi connectivity index (χ1) is 5.44. The van der Waals surface area contributed by atoms with Crippen molar-refractivity contribution in [2.75, 3.05) is 0 Å². The molecule has 12 heavy (non-hydrogen) atoms. The molecule has 0 aromatic carbocycles. The van der Waals surface area contributed by atoms with E-state index in [4.69, 9.17) is 0 Å². The lowest BCUT2D eigenvalue weighted by molar-refractivity contribution is -0.0656. The maximum Gasteiger partial charge on any atom is 0.0675 e. The molecule has 3 unspecified atom stereocenters. The molecule has 1 N–H and O–H groups in total. The Bertz CT molecular complexity index is 162. The average molecular weight is 170 g/mol. The van der Waals surface area contributed by atoms with Crippen LogP contribution < -0.4 is 0 Å². The highest BCUT2D eigenvalue weighted by Gasteiger charge is 2.49. The van der Waals surface area contributed by atoms with Gasteiger partial charge < -0.3 is 5.11 Å². The molecular formula is C11H22O. The molecule has 0 aliphatic heterocycles. The molecular weight excluding hydrogens is 148 g/mol. The largest absolute Gasteiger partial charge is 0.390 e. The molecule has 0 amide bonds. The van der Waals surface area contributed by atoms with E-state index in [2.05, 4.69) is 20.8 Å². The van der Waals surface area contributed by atoms with Crippen LogP contribution in [0.15, 0.2) is 0 Å². The van der Waals surface area contributed by atoms with Crippen molar-refractivity contribution in [3.8, 4) is 0 Å². The summed E-state index contributed by atoms with van der Waals surface area (Å²) in [6.07, 6.45) is 4.53. The Labute approximate surface area is 76.2 Å². The van der Waals surface area contributed by atoms with Crippen molar-refractivity contribution in [2.45, 2.75) is 59.0 Å². The summed E-state index contributed by atoms with van der Waals surface area (Å²) in [6.45, 7) is 8.73. The van der Waals surface area contributed by atoms with Gasteiger partial charge in [0, 0.05) is 0 Å². The minimum Gasteiger partial charge on any atom is -0.390 e. The number of hydrogen-bond donors (Lipinski definition) is 1. The summed E-state index contributed by atoms with van der Waals surface area (Å²) in [5.74, 6) is 0.634. The SMILES string of the molecule is CCC(C)C1(C)CCCC1(C)O. The van der Waals surface area contributed by atoms with Gasteiger partial charge in [0.25, 0.3) is 0 Å². The van der Waals surface area contributed by atoms with E-state index in [-0.39, 0.29) is 5.41 Å². The first kappa shape index (κ1) is 10.0. The topological polar surface area (TPSA) is 20.2 Å². The second-order valence-corrected chi connectivity index (χ2v) is 4.85. The highest BCUT2D eigenvalue weighted by atomic mass is 16.3. The molecule has 1 saturated carbocycles. The van der Waals surface area contributed by atoms with E-state index in [1.54, 1.807) is 0 Å². The quantitative estimate of drug-likeness (QED) is 0.675. The van der Waals surface area contributed by atoms with Gasteiger partial charge in [0.05, 0.1) is 5.60 Å². The van der Waals surface area contributed by atoms with Gasteiger partial charge in [-0.2, -0.15) is 0 Å².